The zero-order chi connectivity index (χ0) is 30.8. The quantitative estimate of drug-likeness (QED) is 0.127. The normalized spacial score (nSPS) is 32.1. The Hall–Kier alpha value is -1.44. The van der Waals surface area contributed by atoms with Crippen molar-refractivity contribution >= 4 is 62.9 Å². The molecular formula is C24H28ClKN4O10S2. The molecule has 1 aromatic rings. The van der Waals surface area contributed by atoms with Crippen molar-refractivity contribution in [2.75, 3.05) is 5.88 Å². The SMILES string of the molecule is CC1(C)S[C@@H]2[C@H](NC(=O)[C@H](N)c3ccc(O)cc3)C(=O)N2[C@H]1C(=O)O.C[C@]1(CCl)[C@H](C(=O)[O-])N2C(=O)C[C@H]2S1(=O)=O.[K+]. The summed E-state index contributed by atoms with van der Waals surface area (Å²) in [5.74, 6) is -4.39. The largest absolute Gasteiger partial charge is 1.00 e. The molecule has 0 aliphatic carbocycles. The fourth-order valence-electron chi connectivity index (χ4n) is 5.46. The number of carbonyl (C=O) groups is 5. The summed E-state index contributed by atoms with van der Waals surface area (Å²) in [6.07, 6.45) is -0.168. The molecule has 14 nitrogen and oxygen atoms in total. The van der Waals surface area contributed by atoms with E-state index in [1.165, 1.54) is 47.9 Å². The molecule has 7 atom stereocenters. The molecular weight excluding hydrogens is 643 g/mol. The Labute approximate surface area is 293 Å². The van der Waals surface area contributed by atoms with Gasteiger partial charge in [-0.15, -0.1) is 23.4 Å². The minimum absolute atomic E-state index is 0. The van der Waals surface area contributed by atoms with Crippen LogP contribution in [-0.4, -0.2) is 102 Å². The van der Waals surface area contributed by atoms with Gasteiger partial charge in [-0.3, -0.25) is 14.4 Å². The maximum atomic E-state index is 12.3. The molecule has 0 radical (unpaired) electrons. The Bertz CT molecular complexity index is 1430. The number of nitrogens with one attached hydrogen (secondary N) is 1. The van der Waals surface area contributed by atoms with Gasteiger partial charge in [0.2, 0.25) is 17.7 Å². The molecule has 224 valence electrons. The number of β-lactam (4-membered cyclic amide) rings is 2. The third-order valence-electron chi connectivity index (χ3n) is 7.81. The molecule has 1 aromatic carbocycles. The first-order valence-corrected chi connectivity index (χ1v) is 15.3. The number of phenolic OH excluding ortho intramolecular Hbond substituents is 1. The van der Waals surface area contributed by atoms with Crippen LogP contribution in [0.5, 0.6) is 5.75 Å². The van der Waals surface area contributed by atoms with Crippen molar-refractivity contribution in [1.29, 1.82) is 0 Å². The molecule has 3 amide bonds. The number of hydrogen-bond acceptors (Lipinski definition) is 11. The Morgan fingerprint density at radius 2 is 1.74 bits per heavy atom. The number of halogens is 1. The van der Waals surface area contributed by atoms with Crippen molar-refractivity contribution < 1.29 is 99.1 Å². The van der Waals surface area contributed by atoms with Crippen LogP contribution >= 0.6 is 23.4 Å². The van der Waals surface area contributed by atoms with Crippen LogP contribution in [0.2, 0.25) is 0 Å². The van der Waals surface area contributed by atoms with Gasteiger partial charge >= 0.3 is 57.4 Å². The number of aliphatic carboxylic acids is 2. The van der Waals surface area contributed by atoms with Gasteiger partial charge in [-0.25, -0.2) is 13.2 Å². The molecule has 0 saturated carbocycles. The van der Waals surface area contributed by atoms with Crippen molar-refractivity contribution in [2.45, 2.75) is 71.6 Å². The first-order valence-electron chi connectivity index (χ1n) is 12.3. The first-order chi connectivity index (χ1) is 18.9. The zero-order valence-corrected chi connectivity index (χ0v) is 28.5. The number of benzene rings is 1. The first kappa shape index (κ1) is 35.0. The summed E-state index contributed by atoms with van der Waals surface area (Å²) in [6, 6.07) is 1.72. The average Bonchev–Trinajstić information content (AvgIpc) is 3.23. The van der Waals surface area contributed by atoms with E-state index < -0.39 is 83.9 Å². The summed E-state index contributed by atoms with van der Waals surface area (Å²) in [6.45, 7) is 4.77. The van der Waals surface area contributed by atoms with Crippen LogP contribution in [-0.2, 0) is 33.8 Å². The van der Waals surface area contributed by atoms with Crippen molar-refractivity contribution in [3.63, 3.8) is 0 Å². The number of carbonyl (C=O) groups excluding carboxylic acids is 4. The molecule has 4 fully saturated rings. The van der Waals surface area contributed by atoms with Crippen LogP contribution in [0.4, 0.5) is 0 Å². The minimum Gasteiger partial charge on any atom is -0.548 e. The standard InChI is InChI=1S/C16H19N3O5S.C8H10ClNO5S.K/c1-16(2)11(15(23)24)19-13(22)10(14(19)25-16)18-12(21)9(17)7-3-5-8(20)6-4-7;1-8(3-9)6(7(12)13)10-4(11)2-5(10)16(8,14)15;/h3-6,9-11,14,20H,17H2,1-2H3,(H,18,21)(H,23,24);5-6H,2-3H2,1H3,(H,12,13);/q;;+1/p-1/t9-,10-,11+,14-;5-,6+,8+;/m11./s1. The topological polar surface area (TPSA) is 228 Å². The number of carboxylic acid groups (broad SMARTS) is 2. The van der Waals surface area contributed by atoms with E-state index in [-0.39, 0.29) is 69.4 Å². The number of thioether (sulfide) groups is 1. The molecule has 5 rings (SSSR count). The monoisotopic (exact) mass is 670 g/mol. The summed E-state index contributed by atoms with van der Waals surface area (Å²) in [5, 5.41) is 30.8. The molecule has 5 N–H and O–H groups in total. The third kappa shape index (κ3) is 5.49. The van der Waals surface area contributed by atoms with Crippen LogP contribution in [0.25, 0.3) is 0 Å². The number of alkyl halides is 1. The van der Waals surface area contributed by atoms with E-state index in [0.717, 1.165) is 4.90 Å². The van der Waals surface area contributed by atoms with Gasteiger partial charge in [0.05, 0.1) is 18.4 Å². The molecule has 4 saturated heterocycles. The van der Waals surface area contributed by atoms with E-state index in [4.69, 9.17) is 17.3 Å². The summed E-state index contributed by atoms with van der Waals surface area (Å²) in [7, 11) is -3.75. The van der Waals surface area contributed by atoms with Crippen LogP contribution in [0.15, 0.2) is 24.3 Å². The fourth-order valence-corrected chi connectivity index (χ4v) is 9.89. The van der Waals surface area contributed by atoms with Crippen LogP contribution < -0.4 is 67.5 Å². The van der Waals surface area contributed by atoms with Gasteiger partial charge in [0.15, 0.2) is 9.84 Å². The molecule has 0 aromatic heterocycles. The Balaban J connectivity index is 0.000000247. The van der Waals surface area contributed by atoms with Gasteiger partial charge < -0.3 is 41.0 Å². The fraction of sp³-hybridized carbons (Fsp3) is 0.542. The van der Waals surface area contributed by atoms with Crippen molar-refractivity contribution in [3.8, 4) is 5.75 Å². The second-order valence-corrected chi connectivity index (χ2v) is 15.4. The maximum absolute atomic E-state index is 12.3. The molecule has 42 heavy (non-hydrogen) atoms. The van der Waals surface area contributed by atoms with E-state index in [2.05, 4.69) is 5.32 Å². The molecule has 4 aliphatic rings. The second kappa shape index (κ2) is 12.2. The smallest absolute Gasteiger partial charge is 0.548 e. The number of fused-ring (bicyclic) bond motifs is 2. The number of hydrogen-bond donors (Lipinski definition) is 4. The summed E-state index contributed by atoms with van der Waals surface area (Å²) >= 11 is 6.92. The van der Waals surface area contributed by atoms with E-state index in [9.17, 15) is 47.7 Å². The number of rotatable bonds is 6. The predicted octanol–water partition coefficient (Wildman–Crippen LogP) is -4.88. The Morgan fingerprint density at radius 3 is 2.21 bits per heavy atom. The van der Waals surface area contributed by atoms with Crippen LogP contribution in [0.1, 0.15) is 38.8 Å². The van der Waals surface area contributed by atoms with Crippen molar-refractivity contribution in [1.82, 2.24) is 15.1 Å². The van der Waals surface area contributed by atoms with Crippen molar-refractivity contribution in [3.05, 3.63) is 29.8 Å². The molecule has 4 aliphatic heterocycles. The number of carboxylic acids is 2. The molecule has 4 heterocycles. The van der Waals surface area contributed by atoms with Gasteiger partial charge in [0, 0.05) is 10.6 Å². The number of amides is 3. The van der Waals surface area contributed by atoms with Gasteiger partial charge in [-0.05, 0) is 38.5 Å². The van der Waals surface area contributed by atoms with E-state index in [1.807, 2.05) is 0 Å². The summed E-state index contributed by atoms with van der Waals surface area (Å²) in [5.41, 5.74) is 6.41. The molecule has 0 unspecified atom stereocenters. The molecule has 18 heteroatoms. The third-order valence-corrected chi connectivity index (χ3v) is 12.9. The van der Waals surface area contributed by atoms with E-state index in [0.29, 0.717) is 5.56 Å². The Kier molecular flexibility index (Phi) is 10.1. The van der Waals surface area contributed by atoms with Gasteiger partial charge in [0.25, 0.3) is 0 Å². The molecule has 0 spiro atoms. The predicted molar refractivity (Wildman–Crippen MR) is 143 cm³/mol. The van der Waals surface area contributed by atoms with Gasteiger partial charge in [-0.2, -0.15) is 0 Å². The number of nitrogens with two attached hydrogens (primary N) is 1. The van der Waals surface area contributed by atoms with Gasteiger partial charge in [0.1, 0.15) is 39.4 Å². The second-order valence-electron chi connectivity index (χ2n) is 10.8. The van der Waals surface area contributed by atoms with Crippen molar-refractivity contribution in [2.24, 2.45) is 5.73 Å². The Morgan fingerprint density at radius 1 is 1.17 bits per heavy atom. The number of aromatic hydroxyl groups is 1. The average molecular weight is 671 g/mol. The summed E-state index contributed by atoms with van der Waals surface area (Å²) < 4.78 is 21.7. The van der Waals surface area contributed by atoms with E-state index >= 15 is 0 Å². The van der Waals surface area contributed by atoms with Crippen LogP contribution in [0, 0.1) is 0 Å². The zero-order valence-electron chi connectivity index (χ0n) is 23.0. The summed E-state index contributed by atoms with van der Waals surface area (Å²) in [4.78, 5) is 60.5. The minimum atomic E-state index is -3.75. The number of sulfone groups is 1. The van der Waals surface area contributed by atoms with Crippen LogP contribution in [0.3, 0.4) is 0 Å². The molecule has 0 bridgehead atoms. The maximum Gasteiger partial charge on any atom is 1.00 e. The number of phenols is 1. The van der Waals surface area contributed by atoms with Gasteiger partial charge in [-0.1, -0.05) is 12.1 Å². The number of nitrogens with zero attached hydrogens (tertiary/aromatic N) is 2. The van der Waals surface area contributed by atoms with E-state index in [1.54, 1.807) is 13.8 Å².